The van der Waals surface area contributed by atoms with Crippen molar-refractivity contribution in [2.24, 2.45) is 5.10 Å². The lowest BCUT2D eigenvalue weighted by molar-refractivity contribution is -0.121. The van der Waals surface area contributed by atoms with Crippen LogP contribution in [0.2, 0.25) is 0 Å². The summed E-state index contributed by atoms with van der Waals surface area (Å²) in [6, 6.07) is 10.6. The molecule has 0 fully saturated rings. The Morgan fingerprint density at radius 3 is 2.76 bits per heavy atom. The molecule has 6 nitrogen and oxygen atoms in total. The van der Waals surface area contributed by atoms with Gasteiger partial charge in [-0.25, -0.2) is 5.43 Å². The van der Waals surface area contributed by atoms with Crippen molar-refractivity contribution < 1.29 is 14.6 Å². The van der Waals surface area contributed by atoms with Gasteiger partial charge in [-0.3, -0.25) is 4.79 Å². The Bertz CT molecular complexity index is 793. The number of anilines is 1. The minimum atomic E-state index is -0.469. The summed E-state index contributed by atoms with van der Waals surface area (Å²) >= 11 is 3.33. The number of carbonyl (C=O) groups is 1. The van der Waals surface area contributed by atoms with Crippen LogP contribution in [0, 0.1) is 6.92 Å². The Morgan fingerprint density at radius 2 is 2.08 bits per heavy atom. The number of halogens is 1. The monoisotopic (exact) mass is 405 g/mol. The van der Waals surface area contributed by atoms with Gasteiger partial charge in [-0.2, -0.15) is 5.10 Å². The first-order valence-electron chi connectivity index (χ1n) is 7.64. The van der Waals surface area contributed by atoms with Crippen molar-refractivity contribution in [2.75, 3.05) is 12.4 Å². The van der Waals surface area contributed by atoms with Crippen molar-refractivity contribution in [2.45, 2.75) is 19.9 Å². The fourth-order valence-corrected chi connectivity index (χ4v) is 2.60. The highest BCUT2D eigenvalue weighted by atomic mass is 79.9. The summed E-state index contributed by atoms with van der Waals surface area (Å²) in [4.78, 5) is 12.1. The van der Waals surface area contributed by atoms with E-state index in [4.69, 9.17) is 4.74 Å². The molecule has 0 heterocycles. The molecule has 0 aliphatic heterocycles. The van der Waals surface area contributed by atoms with E-state index >= 15 is 0 Å². The van der Waals surface area contributed by atoms with E-state index in [9.17, 15) is 9.90 Å². The quantitative estimate of drug-likeness (QED) is 0.507. The van der Waals surface area contributed by atoms with Crippen LogP contribution >= 0.6 is 15.9 Å². The number of para-hydroxylation sites is 1. The molecule has 0 aliphatic carbocycles. The summed E-state index contributed by atoms with van der Waals surface area (Å²) in [5.41, 5.74) is 4.82. The maximum Gasteiger partial charge on any atom is 0.262 e. The van der Waals surface area contributed by atoms with Crippen LogP contribution < -0.4 is 15.5 Å². The first-order chi connectivity index (χ1) is 11.9. The van der Waals surface area contributed by atoms with E-state index in [1.165, 1.54) is 13.3 Å². The number of hydrogen-bond donors (Lipinski definition) is 3. The molecule has 0 saturated heterocycles. The Labute approximate surface area is 155 Å². The van der Waals surface area contributed by atoms with Gasteiger partial charge in [-0.1, -0.05) is 34.1 Å². The third-order valence-corrected chi connectivity index (χ3v) is 4.04. The van der Waals surface area contributed by atoms with Crippen molar-refractivity contribution in [3.05, 3.63) is 52.0 Å². The number of phenols is 1. The van der Waals surface area contributed by atoms with E-state index in [0.717, 1.165) is 15.7 Å². The second kappa shape index (κ2) is 8.53. The van der Waals surface area contributed by atoms with Gasteiger partial charge in [0.1, 0.15) is 6.04 Å². The van der Waals surface area contributed by atoms with Gasteiger partial charge in [0.2, 0.25) is 0 Å². The van der Waals surface area contributed by atoms with Crippen molar-refractivity contribution in [3.63, 3.8) is 0 Å². The Kier molecular flexibility index (Phi) is 6.41. The number of hydrazone groups is 1. The third-order valence-electron chi connectivity index (χ3n) is 3.58. The van der Waals surface area contributed by atoms with E-state index in [2.05, 4.69) is 31.8 Å². The lowest BCUT2D eigenvalue weighted by Crippen LogP contribution is -2.35. The van der Waals surface area contributed by atoms with E-state index < -0.39 is 6.04 Å². The third kappa shape index (κ3) is 4.96. The van der Waals surface area contributed by atoms with Gasteiger partial charge < -0.3 is 15.2 Å². The Morgan fingerprint density at radius 1 is 1.36 bits per heavy atom. The number of hydrogen-bond acceptors (Lipinski definition) is 5. The lowest BCUT2D eigenvalue weighted by Gasteiger charge is -2.15. The van der Waals surface area contributed by atoms with Crippen LogP contribution in [-0.4, -0.2) is 30.4 Å². The predicted octanol–water partition coefficient (Wildman–Crippen LogP) is 3.42. The number of methoxy groups -OCH3 is 1. The highest BCUT2D eigenvalue weighted by Crippen LogP contribution is 2.32. The molecule has 1 atom stereocenters. The molecule has 2 aromatic rings. The van der Waals surface area contributed by atoms with Crippen LogP contribution in [0.25, 0.3) is 0 Å². The molecule has 25 heavy (non-hydrogen) atoms. The topological polar surface area (TPSA) is 83.0 Å². The number of aromatic hydroxyl groups is 1. The molecule has 7 heteroatoms. The van der Waals surface area contributed by atoms with Gasteiger partial charge in [0.05, 0.1) is 13.3 Å². The van der Waals surface area contributed by atoms with Crippen LogP contribution in [0.15, 0.2) is 46.0 Å². The van der Waals surface area contributed by atoms with Gasteiger partial charge in [0, 0.05) is 15.7 Å². The normalized spacial score (nSPS) is 12.0. The molecule has 1 amide bonds. The number of ether oxygens (including phenoxy) is 1. The summed E-state index contributed by atoms with van der Waals surface area (Å²) in [6.07, 6.45) is 1.36. The first-order valence-corrected chi connectivity index (χ1v) is 8.43. The summed E-state index contributed by atoms with van der Waals surface area (Å²) in [5, 5.41) is 17.1. The maximum atomic E-state index is 12.1. The fourth-order valence-electron chi connectivity index (χ4n) is 2.14. The minimum Gasteiger partial charge on any atom is -0.504 e. The average molecular weight is 406 g/mol. The average Bonchev–Trinajstić information content (AvgIpc) is 2.59. The fraction of sp³-hybridized carbons (Fsp3) is 0.222. The van der Waals surface area contributed by atoms with Crippen LogP contribution in [0.4, 0.5) is 5.69 Å². The summed E-state index contributed by atoms with van der Waals surface area (Å²) in [7, 11) is 1.46. The van der Waals surface area contributed by atoms with Crippen LogP contribution in [0.5, 0.6) is 11.5 Å². The van der Waals surface area contributed by atoms with Crippen molar-refractivity contribution in [1.29, 1.82) is 0 Å². The predicted molar refractivity (Wildman–Crippen MR) is 102 cm³/mol. The second-order valence-electron chi connectivity index (χ2n) is 5.46. The molecule has 1 unspecified atom stereocenters. The van der Waals surface area contributed by atoms with Gasteiger partial charge in [-0.15, -0.1) is 0 Å². The molecule has 0 bridgehead atoms. The number of rotatable bonds is 6. The standard InChI is InChI=1S/C18H20BrN3O3/c1-11-6-4-5-7-15(11)21-12(2)18(24)22-20-10-13-8-14(19)9-16(25-3)17(13)23/h4-10,12,21,23H,1-3H3,(H,22,24). The largest absolute Gasteiger partial charge is 0.504 e. The number of amides is 1. The van der Waals surface area contributed by atoms with Gasteiger partial charge >= 0.3 is 0 Å². The van der Waals surface area contributed by atoms with Crippen molar-refractivity contribution in [3.8, 4) is 11.5 Å². The van der Waals surface area contributed by atoms with Crippen LogP contribution in [0.3, 0.4) is 0 Å². The smallest absolute Gasteiger partial charge is 0.262 e. The Hall–Kier alpha value is -2.54. The lowest BCUT2D eigenvalue weighted by atomic mass is 10.2. The zero-order chi connectivity index (χ0) is 18.4. The van der Waals surface area contributed by atoms with Gasteiger partial charge in [0.15, 0.2) is 11.5 Å². The van der Waals surface area contributed by atoms with E-state index in [1.54, 1.807) is 19.1 Å². The van der Waals surface area contributed by atoms with E-state index in [1.807, 2.05) is 31.2 Å². The SMILES string of the molecule is COc1cc(Br)cc(C=NNC(=O)C(C)Nc2ccccc2C)c1O. The molecule has 0 aliphatic rings. The van der Waals surface area contributed by atoms with Gasteiger partial charge in [0.25, 0.3) is 5.91 Å². The molecular weight excluding hydrogens is 386 g/mol. The second-order valence-corrected chi connectivity index (χ2v) is 6.38. The number of nitrogens with one attached hydrogen (secondary N) is 2. The molecular formula is C18H20BrN3O3. The number of phenolic OH excluding ortho intramolecular Hbond substituents is 1. The van der Waals surface area contributed by atoms with E-state index in [0.29, 0.717) is 11.3 Å². The highest BCUT2D eigenvalue weighted by molar-refractivity contribution is 9.10. The van der Waals surface area contributed by atoms with Crippen LogP contribution in [0.1, 0.15) is 18.1 Å². The molecule has 2 rings (SSSR count). The van der Waals surface area contributed by atoms with Gasteiger partial charge in [-0.05, 0) is 37.6 Å². The summed E-state index contributed by atoms with van der Waals surface area (Å²) in [5.74, 6) is -0.0209. The van der Waals surface area contributed by atoms with E-state index in [-0.39, 0.29) is 11.7 Å². The number of nitrogens with zero attached hydrogens (tertiary/aromatic N) is 1. The molecule has 0 radical (unpaired) electrons. The number of aryl methyl sites for hydroxylation is 1. The summed E-state index contributed by atoms with van der Waals surface area (Å²) in [6.45, 7) is 3.71. The molecule has 2 aromatic carbocycles. The zero-order valence-electron chi connectivity index (χ0n) is 14.2. The highest BCUT2D eigenvalue weighted by Gasteiger charge is 2.13. The molecule has 0 spiro atoms. The number of carbonyl (C=O) groups excluding carboxylic acids is 1. The minimum absolute atomic E-state index is 0.0465. The summed E-state index contributed by atoms with van der Waals surface area (Å²) < 4.78 is 5.80. The number of benzene rings is 2. The zero-order valence-corrected chi connectivity index (χ0v) is 15.8. The van der Waals surface area contributed by atoms with Crippen molar-refractivity contribution >= 4 is 33.7 Å². The first kappa shape index (κ1) is 18.8. The molecule has 0 aromatic heterocycles. The van der Waals surface area contributed by atoms with Crippen LogP contribution in [-0.2, 0) is 4.79 Å². The maximum absolute atomic E-state index is 12.1. The molecule has 0 saturated carbocycles. The Balaban J connectivity index is 2.01. The van der Waals surface area contributed by atoms with Crippen molar-refractivity contribution in [1.82, 2.24) is 5.43 Å². The molecule has 3 N–H and O–H groups in total. The molecule has 132 valence electrons.